The van der Waals surface area contributed by atoms with Gasteiger partial charge < -0.3 is 20.1 Å². The second-order valence-corrected chi connectivity index (χ2v) is 3.27. The first kappa shape index (κ1) is 14.3. The van der Waals surface area contributed by atoms with Crippen LogP contribution < -0.4 is 5.32 Å². The molecule has 15 heavy (non-hydrogen) atoms. The number of methoxy groups -OCH3 is 1. The molecule has 0 saturated heterocycles. The third kappa shape index (κ3) is 7.30. The molecule has 0 heterocycles. The monoisotopic (exact) mass is 218 g/mol. The van der Waals surface area contributed by atoms with Crippen LogP contribution in [0.2, 0.25) is 0 Å². The highest BCUT2D eigenvalue weighted by atomic mass is 16.5. The van der Waals surface area contributed by atoms with E-state index in [9.17, 15) is 4.79 Å². The Balaban J connectivity index is 3.70. The van der Waals surface area contributed by atoms with Gasteiger partial charge in [-0.25, -0.2) is 0 Å². The highest BCUT2D eigenvalue weighted by molar-refractivity contribution is 5.78. The second-order valence-electron chi connectivity index (χ2n) is 3.27. The summed E-state index contributed by atoms with van der Waals surface area (Å²) in [7, 11) is 1.62. The summed E-state index contributed by atoms with van der Waals surface area (Å²) in [6.45, 7) is 4.72. The lowest BCUT2D eigenvalue weighted by atomic mass is 10.3. The lowest BCUT2D eigenvalue weighted by molar-refractivity contribution is -0.130. The Kier molecular flexibility index (Phi) is 9.46. The molecule has 0 unspecified atom stereocenters. The van der Waals surface area contributed by atoms with Gasteiger partial charge in [0.1, 0.15) is 0 Å². The molecule has 0 rings (SSSR count). The number of rotatable bonds is 9. The molecular weight excluding hydrogens is 196 g/mol. The van der Waals surface area contributed by atoms with Crippen molar-refractivity contribution in [1.29, 1.82) is 0 Å². The van der Waals surface area contributed by atoms with Crippen molar-refractivity contribution in [1.82, 2.24) is 10.2 Å². The number of carbonyl (C=O) groups excluding carboxylic acids is 1. The molecule has 0 aromatic rings. The number of hydrogen-bond donors (Lipinski definition) is 2. The first-order valence-corrected chi connectivity index (χ1v) is 5.34. The molecule has 2 N–H and O–H groups in total. The number of hydrogen-bond acceptors (Lipinski definition) is 4. The van der Waals surface area contributed by atoms with Crippen LogP contribution in [-0.2, 0) is 9.53 Å². The summed E-state index contributed by atoms with van der Waals surface area (Å²) in [6, 6.07) is 0. The van der Waals surface area contributed by atoms with Gasteiger partial charge in [0.05, 0.1) is 19.8 Å². The second kappa shape index (κ2) is 9.89. The summed E-state index contributed by atoms with van der Waals surface area (Å²) in [5, 5.41) is 11.8. The van der Waals surface area contributed by atoms with Crippen LogP contribution in [0.15, 0.2) is 0 Å². The smallest absolute Gasteiger partial charge is 0.236 e. The summed E-state index contributed by atoms with van der Waals surface area (Å²) in [5.74, 6) is 0.0296. The Morgan fingerprint density at radius 3 is 2.73 bits per heavy atom. The van der Waals surface area contributed by atoms with Gasteiger partial charge in [-0.15, -0.1) is 0 Å². The maximum Gasteiger partial charge on any atom is 0.236 e. The van der Waals surface area contributed by atoms with Crippen LogP contribution in [0, 0.1) is 0 Å². The molecule has 0 aliphatic carbocycles. The SMILES string of the molecule is CCCN(CCO)C(=O)CNCCOC. The molecule has 0 bridgehead atoms. The van der Waals surface area contributed by atoms with Crippen molar-refractivity contribution in [2.75, 3.05) is 46.5 Å². The summed E-state index contributed by atoms with van der Waals surface area (Å²) >= 11 is 0. The zero-order valence-electron chi connectivity index (χ0n) is 9.66. The molecule has 0 saturated carbocycles. The van der Waals surface area contributed by atoms with Gasteiger partial charge in [0, 0.05) is 26.7 Å². The van der Waals surface area contributed by atoms with Crippen LogP contribution in [0.25, 0.3) is 0 Å². The molecule has 5 heteroatoms. The van der Waals surface area contributed by atoms with Gasteiger partial charge in [0.15, 0.2) is 0 Å². The topological polar surface area (TPSA) is 61.8 Å². The van der Waals surface area contributed by atoms with E-state index in [0.717, 1.165) is 6.42 Å². The van der Waals surface area contributed by atoms with Crippen LogP contribution in [0.5, 0.6) is 0 Å². The molecule has 1 amide bonds. The van der Waals surface area contributed by atoms with Crippen molar-refractivity contribution >= 4 is 5.91 Å². The summed E-state index contributed by atoms with van der Waals surface area (Å²) in [5.41, 5.74) is 0. The van der Waals surface area contributed by atoms with E-state index < -0.39 is 0 Å². The Labute approximate surface area is 91.4 Å². The molecule has 0 radical (unpaired) electrons. The van der Waals surface area contributed by atoms with E-state index in [1.807, 2.05) is 6.92 Å². The quantitative estimate of drug-likeness (QED) is 0.510. The largest absolute Gasteiger partial charge is 0.395 e. The van der Waals surface area contributed by atoms with Gasteiger partial charge in [0.25, 0.3) is 0 Å². The van der Waals surface area contributed by atoms with Crippen molar-refractivity contribution in [3.05, 3.63) is 0 Å². The zero-order chi connectivity index (χ0) is 11.5. The molecular formula is C10H22N2O3. The molecule has 0 aromatic carbocycles. The average molecular weight is 218 g/mol. The fraction of sp³-hybridized carbons (Fsp3) is 0.900. The summed E-state index contributed by atoms with van der Waals surface area (Å²) < 4.78 is 4.85. The van der Waals surface area contributed by atoms with Crippen molar-refractivity contribution in [2.45, 2.75) is 13.3 Å². The van der Waals surface area contributed by atoms with Gasteiger partial charge in [-0.2, -0.15) is 0 Å². The molecule has 0 aliphatic rings. The van der Waals surface area contributed by atoms with Crippen molar-refractivity contribution in [3.8, 4) is 0 Å². The van der Waals surface area contributed by atoms with Crippen LogP contribution in [-0.4, -0.2) is 62.4 Å². The molecule has 0 fully saturated rings. The van der Waals surface area contributed by atoms with E-state index in [1.54, 1.807) is 12.0 Å². The molecule has 90 valence electrons. The number of nitrogens with zero attached hydrogens (tertiary/aromatic N) is 1. The van der Waals surface area contributed by atoms with Crippen molar-refractivity contribution < 1.29 is 14.6 Å². The van der Waals surface area contributed by atoms with E-state index in [1.165, 1.54) is 0 Å². The maximum atomic E-state index is 11.6. The van der Waals surface area contributed by atoms with E-state index >= 15 is 0 Å². The Morgan fingerprint density at radius 2 is 2.20 bits per heavy atom. The fourth-order valence-corrected chi connectivity index (χ4v) is 1.23. The molecule has 0 aliphatic heterocycles. The van der Waals surface area contributed by atoms with Gasteiger partial charge >= 0.3 is 0 Å². The third-order valence-corrected chi connectivity index (χ3v) is 1.98. The first-order chi connectivity index (χ1) is 7.26. The van der Waals surface area contributed by atoms with Crippen LogP contribution >= 0.6 is 0 Å². The minimum atomic E-state index is 0.0177. The van der Waals surface area contributed by atoms with E-state index in [4.69, 9.17) is 9.84 Å². The summed E-state index contributed by atoms with van der Waals surface area (Å²) in [6.07, 6.45) is 0.907. The third-order valence-electron chi connectivity index (χ3n) is 1.98. The van der Waals surface area contributed by atoms with Crippen molar-refractivity contribution in [2.24, 2.45) is 0 Å². The molecule has 0 atom stereocenters. The number of amides is 1. The van der Waals surface area contributed by atoms with E-state index in [0.29, 0.717) is 32.8 Å². The highest BCUT2D eigenvalue weighted by Crippen LogP contribution is 1.91. The number of ether oxygens (including phenoxy) is 1. The predicted octanol–water partition coefficient (Wildman–Crippen LogP) is -0.547. The maximum absolute atomic E-state index is 11.6. The Bertz CT molecular complexity index is 159. The standard InChI is InChI=1S/C10H22N2O3/c1-3-5-12(6-7-13)10(14)9-11-4-8-15-2/h11,13H,3-9H2,1-2H3. The van der Waals surface area contributed by atoms with E-state index in [2.05, 4.69) is 5.32 Å². The minimum Gasteiger partial charge on any atom is -0.395 e. The predicted molar refractivity (Wildman–Crippen MR) is 58.7 cm³/mol. The van der Waals surface area contributed by atoms with Gasteiger partial charge in [-0.1, -0.05) is 6.92 Å². The number of nitrogens with one attached hydrogen (secondary N) is 1. The molecule has 0 spiro atoms. The highest BCUT2D eigenvalue weighted by Gasteiger charge is 2.10. The normalized spacial score (nSPS) is 10.3. The number of aliphatic hydroxyl groups excluding tert-OH is 1. The summed E-state index contributed by atoms with van der Waals surface area (Å²) in [4.78, 5) is 13.3. The van der Waals surface area contributed by atoms with Crippen LogP contribution in [0.1, 0.15) is 13.3 Å². The Hall–Kier alpha value is -0.650. The van der Waals surface area contributed by atoms with Crippen LogP contribution in [0.4, 0.5) is 0 Å². The Morgan fingerprint density at radius 1 is 1.47 bits per heavy atom. The van der Waals surface area contributed by atoms with Crippen LogP contribution in [0.3, 0.4) is 0 Å². The van der Waals surface area contributed by atoms with Gasteiger partial charge in [-0.05, 0) is 6.42 Å². The zero-order valence-corrected chi connectivity index (χ0v) is 9.66. The first-order valence-electron chi connectivity index (χ1n) is 5.34. The lowest BCUT2D eigenvalue weighted by Crippen LogP contribution is -2.40. The average Bonchev–Trinajstić information content (AvgIpc) is 2.24. The molecule has 0 aromatic heterocycles. The number of aliphatic hydroxyl groups is 1. The van der Waals surface area contributed by atoms with Gasteiger partial charge in [-0.3, -0.25) is 4.79 Å². The number of carbonyl (C=O) groups is 1. The fourth-order valence-electron chi connectivity index (χ4n) is 1.23. The van der Waals surface area contributed by atoms with Gasteiger partial charge in [0.2, 0.25) is 5.91 Å². The minimum absolute atomic E-state index is 0.0177. The van der Waals surface area contributed by atoms with E-state index in [-0.39, 0.29) is 12.5 Å². The van der Waals surface area contributed by atoms with Crippen molar-refractivity contribution in [3.63, 3.8) is 0 Å². The molecule has 5 nitrogen and oxygen atoms in total. The lowest BCUT2D eigenvalue weighted by Gasteiger charge is -2.21.